The molecule has 144 valence electrons. The molecule has 18 nitrogen and oxygen atoms in total. The first-order chi connectivity index (χ1) is 3.46. The molecule has 0 radical (unpaired) electrons. The van der Waals surface area contributed by atoms with Crippen LogP contribution >= 0.6 is 15.8 Å². The van der Waals surface area contributed by atoms with E-state index in [1.807, 2.05) is 0 Å². The van der Waals surface area contributed by atoms with Crippen molar-refractivity contribution in [2.45, 2.75) is 0 Å². The Hall–Kier alpha value is 1.24. The zero-order valence-corrected chi connectivity index (χ0v) is 17.1. The fraction of sp³-hybridized carbons (Fsp3) is 0. The van der Waals surface area contributed by atoms with E-state index in [4.69, 9.17) is 28.0 Å². The molecule has 0 atom stereocenters. The molecule has 0 saturated heterocycles. The molecule has 0 rings (SSSR count). The van der Waals surface area contributed by atoms with Crippen LogP contribution in [0.3, 0.4) is 0 Å². The van der Waals surface area contributed by atoms with Crippen LogP contribution in [0.25, 0.3) is 0 Å². The predicted octanol–water partition coefficient (Wildman–Crippen LogP) is -17.0. The van der Waals surface area contributed by atoms with Gasteiger partial charge in [0.1, 0.15) is 0 Å². The second-order valence-electron chi connectivity index (χ2n) is 0.447. The van der Waals surface area contributed by atoms with E-state index in [0.717, 1.165) is 0 Å². The van der Waals surface area contributed by atoms with E-state index < -0.39 is 15.8 Å². The van der Waals surface area contributed by atoms with Crippen molar-refractivity contribution in [1.29, 1.82) is 0 Å². The minimum Gasteiger partial charge on any atom is -0.744 e. The van der Waals surface area contributed by atoms with Gasteiger partial charge >= 0.3 is 59.1 Å². The first-order valence-electron chi connectivity index (χ1n) is 1.10. The summed E-state index contributed by atoms with van der Waals surface area (Å²) in [6, 6.07) is 0. The summed E-state index contributed by atoms with van der Waals surface area (Å²) >= 11 is 0. The molecule has 0 bridgehead atoms. The maximum Gasteiger partial charge on any atom is 1.00 e. The minimum atomic E-state index is -3.37. The molecule has 0 amide bonds. The van der Waals surface area contributed by atoms with Crippen molar-refractivity contribution in [1.82, 2.24) is 0 Å². The number of hydrogen-bond acceptors (Lipinski definition) is 6. The summed E-state index contributed by atoms with van der Waals surface area (Å²) in [6.07, 6.45) is 0. The number of hydrogen-bond donors (Lipinski definition) is 0. The molecule has 0 aromatic carbocycles. The summed E-state index contributed by atoms with van der Waals surface area (Å²) in [5.74, 6) is 0. The van der Waals surface area contributed by atoms with Crippen LogP contribution in [-0.4, -0.2) is 65.7 Å². The summed E-state index contributed by atoms with van der Waals surface area (Å²) in [6.45, 7) is 0. The topological polar surface area (TPSA) is 492 Å². The molecule has 0 spiro atoms. The van der Waals surface area contributed by atoms with Gasteiger partial charge in [-0.2, -0.15) is 0 Å². The Balaban J connectivity index is -0.00000000143. The van der Waals surface area contributed by atoms with Crippen molar-refractivity contribution in [2.75, 3.05) is 0 Å². The third-order valence-electron chi connectivity index (χ3n) is 0. The summed E-state index contributed by atoms with van der Waals surface area (Å²) < 4.78 is 33.9. The Morgan fingerprint density at radius 1 is 0.364 bits per heavy atom. The van der Waals surface area contributed by atoms with E-state index in [1.54, 1.807) is 0 Å². The van der Waals surface area contributed by atoms with Crippen LogP contribution in [0.5, 0.6) is 0 Å². The van der Waals surface area contributed by atoms with Crippen molar-refractivity contribution in [2.24, 2.45) is 0 Å². The molecule has 22 heteroatoms. The zero-order chi connectivity index (χ0) is 7.15. The van der Waals surface area contributed by atoms with Crippen LogP contribution in [-0.2, 0) is 18.3 Å². The Labute approximate surface area is 168 Å². The Morgan fingerprint density at radius 2 is 0.364 bits per heavy atom. The van der Waals surface area contributed by atoms with Crippen LogP contribution in [0.2, 0.25) is 0 Å². The quantitative estimate of drug-likeness (QED) is 0.270. The normalized spacial score (nSPS) is 2.27. The minimum absolute atomic E-state index is 0. The molecule has 0 saturated carbocycles. The maximum absolute atomic E-state index is 8.48. The second kappa shape index (κ2) is 191. The average molecular weight is 420 g/mol. The summed E-state index contributed by atoms with van der Waals surface area (Å²) in [5.41, 5.74) is 0. The van der Waals surface area contributed by atoms with Crippen LogP contribution < -0.4 is 68.9 Å². The molecule has 24 N–H and O–H groups in total. The number of rotatable bonds is 0. The first-order valence-corrected chi connectivity index (χ1v) is 3.29. The van der Waals surface area contributed by atoms with Gasteiger partial charge < -0.3 is 75.5 Å². The van der Waals surface area contributed by atoms with E-state index in [9.17, 15) is 0 Å². The van der Waals surface area contributed by atoms with Gasteiger partial charge in [0.15, 0.2) is 0 Å². The van der Waals surface area contributed by atoms with Gasteiger partial charge in [-0.05, 0) is 0 Å². The van der Waals surface area contributed by atoms with E-state index in [0.29, 0.717) is 0 Å². The third kappa shape index (κ3) is 5660. The molecule has 22 heavy (non-hydrogen) atoms. The van der Waals surface area contributed by atoms with Gasteiger partial charge in [0.25, 0.3) is 0 Å². The SMILES string of the molecule is O.O.O.O.O.O.O.O.O.O.O.O.O=P(=O)[O-].O=P(=O)[O-].[Na+].[Na+]. The maximum atomic E-state index is 8.48. The van der Waals surface area contributed by atoms with E-state index in [2.05, 4.69) is 0 Å². The van der Waals surface area contributed by atoms with E-state index in [1.165, 1.54) is 0 Å². The van der Waals surface area contributed by atoms with Gasteiger partial charge in [0, 0.05) is 0 Å². The fourth-order valence-electron chi connectivity index (χ4n) is 0. The Bertz CT molecular complexity index is 136. The fourth-order valence-corrected chi connectivity index (χ4v) is 0. The Kier molecular flexibility index (Phi) is 1910. The van der Waals surface area contributed by atoms with Crippen LogP contribution in [0.1, 0.15) is 0 Å². The van der Waals surface area contributed by atoms with Gasteiger partial charge in [0.05, 0.1) is 0 Å². The largest absolute Gasteiger partial charge is 1.00 e. The van der Waals surface area contributed by atoms with Gasteiger partial charge in [0.2, 0.25) is 15.8 Å². The average Bonchev–Trinajstić information content (AvgIpc) is 1.25. The molecule has 0 aliphatic carbocycles. The van der Waals surface area contributed by atoms with E-state index in [-0.39, 0.29) is 125 Å². The summed E-state index contributed by atoms with van der Waals surface area (Å²) in [7, 11) is -6.74. The molecular weight excluding hydrogens is 396 g/mol. The molecule has 0 aromatic rings. The van der Waals surface area contributed by atoms with Gasteiger partial charge in [-0.15, -0.1) is 0 Å². The molecule has 0 heterocycles. The van der Waals surface area contributed by atoms with Crippen molar-refractivity contribution in [3.63, 3.8) is 0 Å². The zero-order valence-electron chi connectivity index (χ0n) is 11.3. The molecule has 0 aliphatic heterocycles. The predicted molar refractivity (Wildman–Crippen MR) is 60.0 cm³/mol. The summed E-state index contributed by atoms with van der Waals surface area (Å²) in [5, 5.41) is 0. The van der Waals surface area contributed by atoms with Crippen molar-refractivity contribution in [3.8, 4) is 0 Å². The van der Waals surface area contributed by atoms with Crippen LogP contribution in [0.15, 0.2) is 0 Å². The molecule has 0 aliphatic rings. The molecule has 0 fully saturated rings. The molecular formula is H24Na2O18P2. The Morgan fingerprint density at radius 3 is 0.364 bits per heavy atom. The van der Waals surface area contributed by atoms with Gasteiger partial charge in [-0.1, -0.05) is 0 Å². The molecule has 0 aromatic heterocycles. The third-order valence-corrected chi connectivity index (χ3v) is 0. The second-order valence-corrected chi connectivity index (χ2v) is 1.34. The monoisotopic (exact) mass is 420 g/mol. The van der Waals surface area contributed by atoms with Gasteiger partial charge in [-0.3, -0.25) is 18.3 Å². The molecule has 0 unspecified atom stereocenters. The first kappa shape index (κ1) is 219. The van der Waals surface area contributed by atoms with Crippen molar-refractivity contribution in [3.05, 3.63) is 0 Å². The van der Waals surface area contributed by atoms with Crippen LogP contribution in [0, 0.1) is 0 Å². The smallest absolute Gasteiger partial charge is 0.744 e. The standard InChI is InChI=1S/2Na.2HO3P.12H2O/c;;2*1-4(2)3;;;;;;;;;;;;/h;;2*(H,1,2,3);12*1H2/q2*+1;;;;;;;;;;;;;;/p-2. The summed E-state index contributed by atoms with van der Waals surface area (Å²) in [4.78, 5) is 17.0. The van der Waals surface area contributed by atoms with Crippen molar-refractivity contribution < 1.29 is 153 Å². The van der Waals surface area contributed by atoms with Gasteiger partial charge in [-0.25, -0.2) is 0 Å². The van der Waals surface area contributed by atoms with Crippen LogP contribution in [0.4, 0.5) is 0 Å². The van der Waals surface area contributed by atoms with E-state index >= 15 is 0 Å². The van der Waals surface area contributed by atoms with Crippen molar-refractivity contribution >= 4 is 15.8 Å².